The van der Waals surface area contributed by atoms with Gasteiger partial charge in [0.25, 0.3) is 11.8 Å². The third kappa shape index (κ3) is 2.51. The zero-order valence-corrected chi connectivity index (χ0v) is 10.6. The Bertz CT molecular complexity index is 522. The van der Waals surface area contributed by atoms with Crippen LogP contribution in [0.15, 0.2) is 36.1 Å². The Morgan fingerprint density at radius 1 is 1.16 bits per heavy atom. The SMILES string of the molecule is COCCCN1C(=O)C(O)=C(c2ccccc2)C1=O. The van der Waals surface area contributed by atoms with Crippen LogP contribution in [0.25, 0.3) is 5.57 Å². The molecule has 1 N–H and O–H groups in total. The first-order chi connectivity index (χ1) is 9.16. The van der Waals surface area contributed by atoms with Crippen LogP contribution in [0.1, 0.15) is 12.0 Å². The number of carbonyl (C=O) groups excluding carboxylic acids is 2. The molecule has 0 unspecified atom stereocenters. The molecule has 1 aromatic rings. The summed E-state index contributed by atoms with van der Waals surface area (Å²) in [6.45, 7) is 0.699. The summed E-state index contributed by atoms with van der Waals surface area (Å²) in [4.78, 5) is 25.1. The maximum absolute atomic E-state index is 12.2. The summed E-state index contributed by atoms with van der Waals surface area (Å²) in [5.74, 6) is -1.57. The third-order valence-corrected chi connectivity index (χ3v) is 2.94. The van der Waals surface area contributed by atoms with E-state index in [0.29, 0.717) is 18.6 Å². The Kier molecular flexibility index (Phi) is 3.97. The van der Waals surface area contributed by atoms with E-state index >= 15 is 0 Å². The van der Waals surface area contributed by atoms with Crippen molar-refractivity contribution in [2.75, 3.05) is 20.3 Å². The lowest BCUT2D eigenvalue weighted by atomic mass is 10.1. The van der Waals surface area contributed by atoms with Crippen LogP contribution < -0.4 is 0 Å². The van der Waals surface area contributed by atoms with Gasteiger partial charge in [-0.3, -0.25) is 14.5 Å². The van der Waals surface area contributed by atoms with E-state index in [0.717, 1.165) is 4.90 Å². The average Bonchev–Trinajstić information content (AvgIpc) is 2.64. The number of nitrogens with zero attached hydrogens (tertiary/aromatic N) is 1. The van der Waals surface area contributed by atoms with Crippen LogP contribution in [0.2, 0.25) is 0 Å². The number of amides is 2. The largest absolute Gasteiger partial charge is 0.502 e. The van der Waals surface area contributed by atoms with Gasteiger partial charge in [-0.25, -0.2) is 0 Å². The second-order valence-corrected chi connectivity index (χ2v) is 4.20. The van der Waals surface area contributed by atoms with Crippen molar-refractivity contribution in [2.45, 2.75) is 6.42 Å². The Morgan fingerprint density at radius 3 is 2.47 bits per heavy atom. The van der Waals surface area contributed by atoms with Crippen LogP contribution >= 0.6 is 0 Å². The molecule has 19 heavy (non-hydrogen) atoms. The molecule has 1 aliphatic heterocycles. The van der Waals surface area contributed by atoms with Gasteiger partial charge in [-0.1, -0.05) is 30.3 Å². The molecule has 100 valence electrons. The van der Waals surface area contributed by atoms with Gasteiger partial charge in [-0.2, -0.15) is 0 Å². The van der Waals surface area contributed by atoms with Crippen LogP contribution in [0.5, 0.6) is 0 Å². The minimum atomic E-state index is -0.639. The van der Waals surface area contributed by atoms with Crippen LogP contribution in [0, 0.1) is 0 Å². The maximum Gasteiger partial charge on any atom is 0.296 e. The highest BCUT2D eigenvalue weighted by molar-refractivity contribution is 6.34. The quantitative estimate of drug-likeness (QED) is 0.642. The number of aliphatic hydroxyl groups excluding tert-OH is 1. The Hall–Kier alpha value is -2.14. The Morgan fingerprint density at radius 2 is 1.84 bits per heavy atom. The van der Waals surface area contributed by atoms with Gasteiger partial charge in [0.05, 0.1) is 5.57 Å². The number of hydrogen-bond donors (Lipinski definition) is 1. The van der Waals surface area contributed by atoms with Gasteiger partial charge in [0, 0.05) is 20.3 Å². The normalized spacial score (nSPS) is 15.5. The monoisotopic (exact) mass is 261 g/mol. The first-order valence-corrected chi connectivity index (χ1v) is 6.00. The lowest BCUT2D eigenvalue weighted by Crippen LogP contribution is -2.33. The van der Waals surface area contributed by atoms with Crippen molar-refractivity contribution in [1.29, 1.82) is 0 Å². The summed E-state index contributed by atoms with van der Waals surface area (Å²) in [5, 5.41) is 9.84. The van der Waals surface area contributed by atoms with E-state index in [-0.39, 0.29) is 12.1 Å². The fraction of sp³-hybridized carbons (Fsp3) is 0.286. The smallest absolute Gasteiger partial charge is 0.296 e. The molecule has 1 aliphatic rings. The van der Waals surface area contributed by atoms with Crippen molar-refractivity contribution in [2.24, 2.45) is 0 Å². The second kappa shape index (κ2) is 5.67. The van der Waals surface area contributed by atoms with Crippen molar-refractivity contribution >= 4 is 17.4 Å². The molecule has 1 heterocycles. The molecule has 5 nitrogen and oxygen atoms in total. The molecule has 5 heteroatoms. The number of carbonyl (C=O) groups is 2. The number of methoxy groups -OCH3 is 1. The predicted octanol–water partition coefficient (Wildman–Crippen LogP) is 1.36. The average molecular weight is 261 g/mol. The Balaban J connectivity index is 2.22. The van der Waals surface area contributed by atoms with Crippen molar-refractivity contribution in [3.63, 3.8) is 0 Å². The minimum Gasteiger partial charge on any atom is -0.502 e. The molecule has 0 fully saturated rings. The first-order valence-electron chi connectivity index (χ1n) is 6.00. The summed E-state index contributed by atoms with van der Waals surface area (Å²) in [6.07, 6.45) is 0.545. The van der Waals surface area contributed by atoms with E-state index in [2.05, 4.69) is 0 Å². The summed E-state index contributed by atoms with van der Waals surface area (Å²) >= 11 is 0. The van der Waals surface area contributed by atoms with Gasteiger partial charge in [-0.05, 0) is 12.0 Å². The van der Waals surface area contributed by atoms with Crippen LogP contribution in [0.4, 0.5) is 0 Å². The standard InChI is InChI=1S/C14H15NO4/c1-19-9-5-8-15-13(17)11(12(16)14(15)18)10-6-3-2-4-7-10/h2-4,6-7,16H,5,8-9H2,1H3. The predicted molar refractivity (Wildman–Crippen MR) is 69.2 cm³/mol. The van der Waals surface area contributed by atoms with Crippen LogP contribution in [-0.4, -0.2) is 42.1 Å². The molecule has 2 rings (SSSR count). The lowest BCUT2D eigenvalue weighted by molar-refractivity contribution is -0.138. The van der Waals surface area contributed by atoms with E-state index in [1.54, 1.807) is 37.4 Å². The molecule has 0 aromatic heterocycles. The number of ether oxygens (including phenoxy) is 1. The molecule has 0 aliphatic carbocycles. The summed E-state index contributed by atoms with van der Waals surface area (Å²) in [6, 6.07) is 8.69. The van der Waals surface area contributed by atoms with E-state index in [9.17, 15) is 14.7 Å². The molecule has 2 amide bonds. The first kappa shape index (κ1) is 13.3. The second-order valence-electron chi connectivity index (χ2n) is 4.20. The fourth-order valence-corrected chi connectivity index (χ4v) is 2.00. The number of aliphatic hydroxyl groups is 1. The fourth-order valence-electron chi connectivity index (χ4n) is 2.00. The summed E-state index contributed by atoms with van der Waals surface area (Å²) in [5.41, 5.74) is 0.621. The van der Waals surface area contributed by atoms with Crippen LogP contribution in [-0.2, 0) is 14.3 Å². The number of imide groups is 1. The highest BCUT2D eigenvalue weighted by Crippen LogP contribution is 2.27. The molecular weight excluding hydrogens is 246 g/mol. The van der Waals surface area contributed by atoms with Crippen molar-refractivity contribution in [3.05, 3.63) is 41.7 Å². The highest BCUT2D eigenvalue weighted by atomic mass is 16.5. The molecular formula is C14H15NO4. The highest BCUT2D eigenvalue weighted by Gasteiger charge is 2.38. The summed E-state index contributed by atoms with van der Waals surface area (Å²) < 4.78 is 4.89. The minimum absolute atomic E-state index is 0.0722. The van der Waals surface area contributed by atoms with Gasteiger partial charge in [-0.15, -0.1) is 0 Å². The molecule has 0 saturated heterocycles. The summed E-state index contributed by atoms with van der Waals surface area (Å²) in [7, 11) is 1.55. The molecule has 0 atom stereocenters. The molecule has 0 bridgehead atoms. The number of hydrogen-bond acceptors (Lipinski definition) is 4. The maximum atomic E-state index is 12.2. The van der Waals surface area contributed by atoms with E-state index in [4.69, 9.17) is 4.74 Å². The van der Waals surface area contributed by atoms with Gasteiger partial charge < -0.3 is 9.84 Å². The zero-order chi connectivity index (χ0) is 13.8. The van der Waals surface area contributed by atoms with Crippen molar-refractivity contribution in [3.8, 4) is 0 Å². The molecule has 0 spiro atoms. The van der Waals surface area contributed by atoms with E-state index in [1.165, 1.54) is 0 Å². The zero-order valence-electron chi connectivity index (χ0n) is 10.6. The van der Waals surface area contributed by atoms with Gasteiger partial charge in [0.1, 0.15) is 0 Å². The van der Waals surface area contributed by atoms with Gasteiger partial charge in [0.2, 0.25) is 0 Å². The number of benzene rings is 1. The van der Waals surface area contributed by atoms with Crippen molar-refractivity contribution < 1.29 is 19.4 Å². The van der Waals surface area contributed by atoms with E-state index < -0.39 is 17.6 Å². The Labute approximate surface area is 111 Å². The lowest BCUT2D eigenvalue weighted by Gasteiger charge is -2.13. The van der Waals surface area contributed by atoms with Crippen molar-refractivity contribution in [1.82, 2.24) is 4.90 Å². The topological polar surface area (TPSA) is 66.8 Å². The van der Waals surface area contributed by atoms with Gasteiger partial charge in [0.15, 0.2) is 5.76 Å². The third-order valence-electron chi connectivity index (χ3n) is 2.94. The molecule has 0 saturated carbocycles. The van der Waals surface area contributed by atoms with E-state index in [1.807, 2.05) is 0 Å². The molecule has 1 aromatic carbocycles. The van der Waals surface area contributed by atoms with Crippen LogP contribution in [0.3, 0.4) is 0 Å². The number of rotatable bonds is 5. The van der Waals surface area contributed by atoms with Gasteiger partial charge >= 0.3 is 0 Å². The molecule has 0 radical (unpaired) electrons.